The molecule has 0 amide bonds. The van der Waals surface area contributed by atoms with Crippen molar-refractivity contribution in [2.24, 2.45) is 0 Å². The van der Waals surface area contributed by atoms with E-state index in [9.17, 15) is 9.50 Å². The van der Waals surface area contributed by atoms with Crippen molar-refractivity contribution in [3.05, 3.63) is 58.9 Å². The van der Waals surface area contributed by atoms with Gasteiger partial charge in [0.1, 0.15) is 17.3 Å². The molecule has 94 valence electrons. The van der Waals surface area contributed by atoms with Gasteiger partial charge in [-0.2, -0.15) is 0 Å². The SMILES string of the molecule is C[C@@H](O)c1c(F)cccc1Oc1ccccc1Cl. The van der Waals surface area contributed by atoms with E-state index in [4.69, 9.17) is 16.3 Å². The van der Waals surface area contributed by atoms with Gasteiger partial charge >= 0.3 is 0 Å². The van der Waals surface area contributed by atoms with E-state index in [0.29, 0.717) is 10.8 Å². The first kappa shape index (κ1) is 12.9. The van der Waals surface area contributed by atoms with Crippen LogP contribution in [0.4, 0.5) is 4.39 Å². The van der Waals surface area contributed by atoms with Gasteiger partial charge < -0.3 is 9.84 Å². The second-order valence-electron chi connectivity index (χ2n) is 3.86. The first-order valence-corrected chi connectivity index (χ1v) is 5.86. The standard InChI is InChI=1S/C14H12ClFO2/c1-9(17)14-11(16)6-4-8-13(14)18-12-7-3-2-5-10(12)15/h2-9,17H,1H3/t9-/m1/s1. The van der Waals surface area contributed by atoms with Gasteiger partial charge in [-0.25, -0.2) is 4.39 Å². The molecule has 0 aliphatic carbocycles. The highest BCUT2D eigenvalue weighted by molar-refractivity contribution is 6.32. The monoisotopic (exact) mass is 266 g/mol. The summed E-state index contributed by atoms with van der Waals surface area (Å²) in [5.74, 6) is 0.180. The van der Waals surface area contributed by atoms with Gasteiger partial charge in [-0.3, -0.25) is 0 Å². The van der Waals surface area contributed by atoms with E-state index in [-0.39, 0.29) is 11.3 Å². The fourth-order valence-corrected chi connectivity index (χ4v) is 1.83. The molecule has 1 N–H and O–H groups in total. The van der Waals surface area contributed by atoms with Gasteiger partial charge in [-0.15, -0.1) is 0 Å². The van der Waals surface area contributed by atoms with Crippen LogP contribution < -0.4 is 4.74 Å². The molecule has 2 rings (SSSR count). The summed E-state index contributed by atoms with van der Waals surface area (Å²) < 4.78 is 19.2. The van der Waals surface area contributed by atoms with Crippen LogP contribution in [0.25, 0.3) is 0 Å². The van der Waals surface area contributed by atoms with E-state index in [1.165, 1.54) is 19.1 Å². The zero-order chi connectivity index (χ0) is 13.1. The lowest BCUT2D eigenvalue weighted by Crippen LogP contribution is -2.00. The molecule has 0 saturated heterocycles. The molecule has 0 aliphatic rings. The third-order valence-corrected chi connectivity index (χ3v) is 2.80. The Bertz CT molecular complexity index is 555. The van der Waals surface area contributed by atoms with E-state index >= 15 is 0 Å². The largest absolute Gasteiger partial charge is 0.455 e. The van der Waals surface area contributed by atoms with E-state index in [2.05, 4.69) is 0 Å². The molecule has 1 atom stereocenters. The zero-order valence-corrected chi connectivity index (χ0v) is 10.5. The Labute approximate surface area is 110 Å². The summed E-state index contributed by atoms with van der Waals surface area (Å²) in [6.07, 6.45) is -0.955. The van der Waals surface area contributed by atoms with Crippen molar-refractivity contribution in [1.82, 2.24) is 0 Å². The molecule has 0 fully saturated rings. The van der Waals surface area contributed by atoms with Crippen LogP contribution in [0.3, 0.4) is 0 Å². The third kappa shape index (κ3) is 2.63. The molecule has 0 bridgehead atoms. The minimum atomic E-state index is -0.955. The first-order chi connectivity index (χ1) is 8.59. The van der Waals surface area contributed by atoms with Crippen LogP contribution in [0.1, 0.15) is 18.6 Å². The van der Waals surface area contributed by atoms with Crippen molar-refractivity contribution in [2.75, 3.05) is 0 Å². The van der Waals surface area contributed by atoms with Gasteiger partial charge in [0.05, 0.1) is 16.7 Å². The molecule has 0 unspecified atom stereocenters. The van der Waals surface area contributed by atoms with Gasteiger partial charge in [0, 0.05) is 0 Å². The molecular weight excluding hydrogens is 255 g/mol. The van der Waals surface area contributed by atoms with Crippen molar-refractivity contribution < 1.29 is 14.2 Å². The Kier molecular flexibility index (Phi) is 3.84. The zero-order valence-electron chi connectivity index (χ0n) is 9.73. The van der Waals surface area contributed by atoms with Crippen LogP contribution in [-0.2, 0) is 0 Å². The molecule has 0 aromatic heterocycles. The number of halogens is 2. The molecule has 2 nitrogen and oxygen atoms in total. The van der Waals surface area contributed by atoms with E-state index in [1.807, 2.05) is 0 Å². The number of aliphatic hydroxyl groups is 1. The summed E-state index contributed by atoms with van der Waals surface area (Å²) in [7, 11) is 0. The fraction of sp³-hybridized carbons (Fsp3) is 0.143. The van der Waals surface area contributed by atoms with Gasteiger partial charge in [-0.05, 0) is 31.2 Å². The number of para-hydroxylation sites is 1. The molecule has 4 heteroatoms. The summed E-state index contributed by atoms with van der Waals surface area (Å²) in [4.78, 5) is 0. The normalized spacial score (nSPS) is 12.2. The molecule has 2 aromatic rings. The molecule has 0 heterocycles. The smallest absolute Gasteiger partial charge is 0.146 e. The van der Waals surface area contributed by atoms with Gasteiger partial charge in [-0.1, -0.05) is 29.8 Å². The Morgan fingerprint density at radius 1 is 1.11 bits per heavy atom. The minimum Gasteiger partial charge on any atom is -0.455 e. The highest BCUT2D eigenvalue weighted by Gasteiger charge is 2.15. The lowest BCUT2D eigenvalue weighted by molar-refractivity contribution is 0.190. The Morgan fingerprint density at radius 3 is 2.44 bits per heavy atom. The highest BCUT2D eigenvalue weighted by Crippen LogP contribution is 2.34. The van der Waals surface area contributed by atoms with Crippen LogP contribution in [0, 0.1) is 5.82 Å². The van der Waals surface area contributed by atoms with Crippen molar-refractivity contribution >= 4 is 11.6 Å². The van der Waals surface area contributed by atoms with Crippen molar-refractivity contribution in [2.45, 2.75) is 13.0 Å². The Balaban J connectivity index is 2.41. The maximum atomic E-state index is 13.6. The van der Waals surface area contributed by atoms with Crippen LogP contribution in [0.2, 0.25) is 5.02 Å². The number of ether oxygens (including phenoxy) is 1. The average Bonchev–Trinajstić information content (AvgIpc) is 2.31. The number of hydrogen-bond donors (Lipinski definition) is 1. The molecule has 0 saturated carbocycles. The lowest BCUT2D eigenvalue weighted by atomic mass is 10.1. The fourth-order valence-electron chi connectivity index (χ4n) is 1.66. The lowest BCUT2D eigenvalue weighted by Gasteiger charge is -2.14. The van der Waals surface area contributed by atoms with Crippen LogP contribution in [-0.4, -0.2) is 5.11 Å². The predicted molar refractivity (Wildman–Crippen MR) is 68.6 cm³/mol. The van der Waals surface area contributed by atoms with Gasteiger partial charge in [0.25, 0.3) is 0 Å². The van der Waals surface area contributed by atoms with Crippen LogP contribution in [0.5, 0.6) is 11.5 Å². The summed E-state index contributed by atoms with van der Waals surface area (Å²) in [5.41, 5.74) is 0.123. The number of benzene rings is 2. The second-order valence-corrected chi connectivity index (χ2v) is 4.27. The highest BCUT2D eigenvalue weighted by atomic mass is 35.5. The number of rotatable bonds is 3. The molecule has 18 heavy (non-hydrogen) atoms. The van der Waals surface area contributed by atoms with Crippen molar-refractivity contribution in [3.63, 3.8) is 0 Å². The Hall–Kier alpha value is -1.58. The summed E-state index contributed by atoms with van der Waals surface area (Å²) in [6, 6.07) is 11.3. The van der Waals surface area contributed by atoms with Crippen molar-refractivity contribution in [3.8, 4) is 11.5 Å². The molecular formula is C14H12ClFO2. The van der Waals surface area contributed by atoms with Crippen molar-refractivity contribution in [1.29, 1.82) is 0 Å². The second kappa shape index (κ2) is 5.38. The number of hydrogen-bond acceptors (Lipinski definition) is 2. The third-order valence-electron chi connectivity index (χ3n) is 2.49. The summed E-state index contributed by atoms with van der Waals surface area (Å²) >= 11 is 5.96. The Morgan fingerprint density at radius 2 is 1.78 bits per heavy atom. The topological polar surface area (TPSA) is 29.5 Å². The van der Waals surface area contributed by atoms with Gasteiger partial charge in [0.2, 0.25) is 0 Å². The maximum Gasteiger partial charge on any atom is 0.146 e. The molecule has 0 spiro atoms. The molecule has 0 aliphatic heterocycles. The van der Waals surface area contributed by atoms with E-state index in [1.54, 1.807) is 30.3 Å². The molecule has 2 aromatic carbocycles. The maximum absolute atomic E-state index is 13.6. The van der Waals surface area contributed by atoms with Crippen LogP contribution in [0.15, 0.2) is 42.5 Å². The average molecular weight is 267 g/mol. The predicted octanol–water partition coefficient (Wildman–Crippen LogP) is 4.32. The summed E-state index contributed by atoms with van der Waals surface area (Å²) in [6.45, 7) is 1.48. The molecule has 0 radical (unpaired) electrons. The quantitative estimate of drug-likeness (QED) is 0.896. The van der Waals surface area contributed by atoms with Gasteiger partial charge in [0.15, 0.2) is 0 Å². The minimum absolute atomic E-state index is 0.123. The number of aliphatic hydroxyl groups excluding tert-OH is 1. The van der Waals surface area contributed by atoms with E-state index < -0.39 is 11.9 Å². The van der Waals surface area contributed by atoms with Crippen LogP contribution >= 0.6 is 11.6 Å². The first-order valence-electron chi connectivity index (χ1n) is 5.48. The summed E-state index contributed by atoms with van der Waals surface area (Å²) in [5, 5.41) is 10.0. The van der Waals surface area contributed by atoms with E-state index in [0.717, 1.165) is 0 Å².